The number of benzene rings is 3. The maximum Gasteiger partial charge on any atom is 0.306 e. The van der Waals surface area contributed by atoms with Gasteiger partial charge in [-0.05, 0) is 72.2 Å². The molecule has 0 radical (unpaired) electrons. The summed E-state index contributed by atoms with van der Waals surface area (Å²) in [5.74, 6) is -1.88. The highest BCUT2D eigenvalue weighted by atomic mass is 16.5. The van der Waals surface area contributed by atoms with Crippen molar-refractivity contribution in [3.8, 4) is 0 Å². The number of rotatable bonds is 9. The number of hydrogen-bond donors (Lipinski definition) is 1. The molecule has 1 heterocycles. The molecule has 210 valence electrons. The summed E-state index contributed by atoms with van der Waals surface area (Å²) < 4.78 is 5.13. The van der Waals surface area contributed by atoms with E-state index >= 15 is 0 Å². The lowest BCUT2D eigenvalue weighted by molar-refractivity contribution is -0.147. The van der Waals surface area contributed by atoms with Gasteiger partial charge < -0.3 is 10.1 Å². The highest BCUT2D eigenvalue weighted by Gasteiger charge is 2.61. The van der Waals surface area contributed by atoms with Crippen LogP contribution < -0.4 is 5.32 Å². The van der Waals surface area contributed by atoms with Gasteiger partial charge in [-0.2, -0.15) is 0 Å². The van der Waals surface area contributed by atoms with E-state index in [1.54, 1.807) is 0 Å². The molecule has 1 aliphatic heterocycles. The number of unbranched alkanes of at least 4 members (excludes halogenated alkanes) is 2. The number of carbonyl (C=O) groups is 4. The van der Waals surface area contributed by atoms with E-state index in [2.05, 4.69) is 29.6 Å². The number of nitrogens with one attached hydrogen (secondary N) is 1. The number of ether oxygens (including phenoxy) is 1. The van der Waals surface area contributed by atoms with Gasteiger partial charge in [0.2, 0.25) is 11.8 Å². The molecule has 3 aromatic carbocycles. The van der Waals surface area contributed by atoms with Crippen molar-refractivity contribution in [2.45, 2.75) is 51.4 Å². The van der Waals surface area contributed by atoms with Crippen LogP contribution in [0.1, 0.15) is 70.9 Å². The second kappa shape index (κ2) is 11.0. The topological polar surface area (TPSA) is 92.8 Å². The fraction of sp³-hybridized carbons (Fsp3) is 0.353. The molecule has 2 bridgehead atoms. The first kappa shape index (κ1) is 26.9. The van der Waals surface area contributed by atoms with Crippen LogP contribution in [-0.4, -0.2) is 41.7 Å². The fourth-order valence-corrected chi connectivity index (χ4v) is 6.91. The Hall–Kier alpha value is -4.26. The zero-order chi connectivity index (χ0) is 28.7. The summed E-state index contributed by atoms with van der Waals surface area (Å²) in [4.78, 5) is 53.0. The number of nitrogens with zero attached hydrogens (tertiary/aromatic N) is 1. The number of amides is 3. The number of aryl methyl sites for hydroxylation is 2. The smallest absolute Gasteiger partial charge is 0.306 e. The van der Waals surface area contributed by atoms with Crippen LogP contribution in [0.25, 0.3) is 0 Å². The van der Waals surface area contributed by atoms with Gasteiger partial charge in [0.05, 0.1) is 11.8 Å². The van der Waals surface area contributed by atoms with Gasteiger partial charge in [0.25, 0.3) is 5.91 Å². The van der Waals surface area contributed by atoms with Gasteiger partial charge >= 0.3 is 5.97 Å². The van der Waals surface area contributed by atoms with Crippen LogP contribution in [0.4, 0.5) is 5.69 Å². The third-order valence-electron chi connectivity index (χ3n) is 8.96. The normalized spacial score (nSPS) is 21.8. The molecule has 0 aromatic heterocycles. The van der Waals surface area contributed by atoms with E-state index in [4.69, 9.17) is 4.74 Å². The summed E-state index contributed by atoms with van der Waals surface area (Å²) >= 11 is 0. The Morgan fingerprint density at radius 3 is 1.85 bits per heavy atom. The molecule has 2 atom stereocenters. The van der Waals surface area contributed by atoms with Crippen molar-refractivity contribution in [2.24, 2.45) is 11.8 Å². The van der Waals surface area contributed by atoms with E-state index in [0.717, 1.165) is 11.1 Å². The largest absolute Gasteiger partial charge is 0.456 e. The summed E-state index contributed by atoms with van der Waals surface area (Å²) in [7, 11) is 0. The van der Waals surface area contributed by atoms with Crippen molar-refractivity contribution in [3.63, 3.8) is 0 Å². The highest BCUT2D eigenvalue weighted by Crippen LogP contribution is 2.60. The molecule has 3 amide bonds. The fourth-order valence-electron chi connectivity index (χ4n) is 6.91. The second-order valence-electron chi connectivity index (χ2n) is 11.4. The molecule has 3 aliphatic carbocycles. The third-order valence-corrected chi connectivity index (χ3v) is 8.96. The molecule has 1 fully saturated rings. The molecule has 1 saturated heterocycles. The number of anilines is 1. The quantitative estimate of drug-likeness (QED) is 0.224. The summed E-state index contributed by atoms with van der Waals surface area (Å²) in [6.45, 7) is 3.98. The minimum Gasteiger partial charge on any atom is -0.456 e. The van der Waals surface area contributed by atoms with Crippen molar-refractivity contribution in [1.29, 1.82) is 0 Å². The minimum absolute atomic E-state index is 0.0757. The Morgan fingerprint density at radius 1 is 0.756 bits per heavy atom. The molecule has 0 saturated carbocycles. The minimum atomic E-state index is -0.438. The van der Waals surface area contributed by atoms with Crippen LogP contribution >= 0.6 is 0 Å². The molecule has 3 aromatic rings. The molecule has 41 heavy (non-hydrogen) atoms. The zero-order valence-corrected chi connectivity index (χ0v) is 23.4. The first-order chi connectivity index (χ1) is 19.8. The summed E-state index contributed by atoms with van der Waals surface area (Å²) in [5, 5.41) is 2.74. The van der Waals surface area contributed by atoms with Gasteiger partial charge in [-0.3, -0.25) is 24.1 Å². The van der Waals surface area contributed by atoms with Crippen LogP contribution in [0.3, 0.4) is 0 Å². The van der Waals surface area contributed by atoms with E-state index in [1.807, 2.05) is 56.3 Å². The van der Waals surface area contributed by atoms with E-state index in [0.29, 0.717) is 31.5 Å². The molecule has 0 unspecified atom stereocenters. The lowest BCUT2D eigenvalue weighted by atomic mass is 9.55. The predicted octanol–water partition coefficient (Wildman–Crippen LogP) is 5.24. The van der Waals surface area contributed by atoms with Crippen molar-refractivity contribution in [2.75, 3.05) is 18.5 Å². The molecular formula is C34H34N2O5. The molecule has 7 rings (SSSR count). The SMILES string of the molecule is Cc1ccc(NC(=O)COC(=O)CCCCCN2C(=O)[C@@H]3C4c5ccccc5C(c5ccccc54)[C@@H]3C2=O)cc1C. The Morgan fingerprint density at radius 2 is 1.32 bits per heavy atom. The van der Waals surface area contributed by atoms with Gasteiger partial charge in [0.15, 0.2) is 6.61 Å². The number of imide groups is 1. The van der Waals surface area contributed by atoms with Crippen LogP contribution in [-0.2, 0) is 23.9 Å². The van der Waals surface area contributed by atoms with E-state index < -0.39 is 5.97 Å². The van der Waals surface area contributed by atoms with Crippen molar-refractivity contribution in [1.82, 2.24) is 4.90 Å². The second-order valence-corrected chi connectivity index (χ2v) is 11.4. The molecule has 7 heteroatoms. The predicted molar refractivity (Wildman–Crippen MR) is 154 cm³/mol. The summed E-state index contributed by atoms with van der Waals surface area (Å²) in [6, 6.07) is 22.1. The highest BCUT2D eigenvalue weighted by molar-refractivity contribution is 6.07. The van der Waals surface area contributed by atoms with Gasteiger partial charge in [0.1, 0.15) is 0 Å². The van der Waals surface area contributed by atoms with Crippen LogP contribution in [0.15, 0.2) is 66.7 Å². The Kier molecular flexibility index (Phi) is 7.20. The zero-order valence-electron chi connectivity index (χ0n) is 23.4. The standard InChI is InChI=1S/C34H34N2O5/c1-20-15-16-22(18-21(20)2)35-27(37)19-41-28(38)14-4-3-9-17-36-33(39)31-29-23-10-5-6-11-24(23)30(32(31)34(36)40)26-13-8-7-12-25(26)29/h5-8,10-13,15-16,18,29-32H,3-4,9,14,17,19H2,1-2H3,(H,35,37)/t29?,30?,31-,32+. The molecule has 7 nitrogen and oxygen atoms in total. The Balaban J connectivity index is 0.993. The Bertz CT molecular complexity index is 1430. The number of carbonyl (C=O) groups excluding carboxylic acids is 4. The molecule has 1 N–H and O–H groups in total. The van der Waals surface area contributed by atoms with Crippen molar-refractivity contribution >= 4 is 29.4 Å². The lowest BCUT2D eigenvalue weighted by Gasteiger charge is -2.45. The van der Waals surface area contributed by atoms with Crippen LogP contribution in [0, 0.1) is 25.7 Å². The third kappa shape index (κ3) is 4.83. The van der Waals surface area contributed by atoms with Crippen molar-refractivity contribution in [3.05, 3.63) is 100 Å². The molecule has 4 aliphatic rings. The first-order valence-corrected chi connectivity index (χ1v) is 14.4. The van der Waals surface area contributed by atoms with Gasteiger partial charge in [-0.1, -0.05) is 61.0 Å². The van der Waals surface area contributed by atoms with Gasteiger partial charge in [0, 0.05) is 30.5 Å². The average molecular weight is 551 g/mol. The van der Waals surface area contributed by atoms with Crippen LogP contribution in [0.5, 0.6) is 0 Å². The Labute approximate surface area is 239 Å². The molecule has 0 spiro atoms. The summed E-state index contributed by atoms with van der Waals surface area (Å²) in [5.41, 5.74) is 7.54. The van der Waals surface area contributed by atoms with Crippen LogP contribution in [0.2, 0.25) is 0 Å². The monoisotopic (exact) mass is 550 g/mol. The van der Waals surface area contributed by atoms with Crippen molar-refractivity contribution < 1.29 is 23.9 Å². The lowest BCUT2D eigenvalue weighted by Crippen LogP contribution is -2.41. The maximum absolute atomic E-state index is 13.6. The van der Waals surface area contributed by atoms with Gasteiger partial charge in [-0.25, -0.2) is 0 Å². The number of esters is 1. The number of likely N-dealkylation sites (tertiary alicyclic amines) is 1. The maximum atomic E-state index is 13.6. The van der Waals surface area contributed by atoms with E-state index in [1.165, 1.54) is 27.2 Å². The molecular weight excluding hydrogens is 516 g/mol. The first-order valence-electron chi connectivity index (χ1n) is 14.4. The average Bonchev–Trinajstić information content (AvgIpc) is 3.23. The van der Waals surface area contributed by atoms with E-state index in [-0.39, 0.29) is 54.4 Å². The van der Waals surface area contributed by atoms with Gasteiger partial charge in [-0.15, -0.1) is 0 Å². The van der Waals surface area contributed by atoms with E-state index in [9.17, 15) is 19.2 Å². The number of hydrogen-bond acceptors (Lipinski definition) is 5. The summed E-state index contributed by atoms with van der Waals surface area (Å²) in [6.07, 6.45) is 2.03.